The van der Waals surface area contributed by atoms with Gasteiger partial charge < -0.3 is 19.1 Å². The van der Waals surface area contributed by atoms with Gasteiger partial charge in [-0.3, -0.25) is 19.2 Å². The molecule has 6 rings (SSSR count). The smallest absolute Gasteiger partial charge is 0.315 e. The number of hydrogen-bond donors (Lipinski definition) is 0. The minimum atomic E-state index is -3.17. The van der Waals surface area contributed by atoms with E-state index in [-0.39, 0.29) is 29.7 Å². The molecule has 0 spiro atoms. The molecule has 0 N–H and O–H groups in total. The van der Waals surface area contributed by atoms with Crippen molar-refractivity contribution >= 4 is 23.8 Å². The van der Waals surface area contributed by atoms with Crippen molar-refractivity contribution in [2.75, 3.05) is 6.61 Å². The van der Waals surface area contributed by atoms with E-state index in [1.54, 1.807) is 29.2 Å². The highest BCUT2D eigenvalue weighted by Crippen LogP contribution is 2.62. The number of carbonyl (C=O) groups excluding carboxylic acids is 4. The Balaban J connectivity index is 1.26. The number of amides is 1. The third-order valence-electron chi connectivity index (χ3n) is 10.0. The first kappa shape index (κ1) is 28.1. The van der Waals surface area contributed by atoms with E-state index in [0.29, 0.717) is 25.5 Å². The molecule has 1 saturated heterocycles. The van der Waals surface area contributed by atoms with Crippen LogP contribution < -0.4 is 4.74 Å². The summed E-state index contributed by atoms with van der Waals surface area (Å²) in [6.07, 6.45) is 1.93. The number of halogens is 2. The van der Waals surface area contributed by atoms with Crippen molar-refractivity contribution in [2.45, 2.75) is 77.0 Å². The van der Waals surface area contributed by atoms with Gasteiger partial charge in [-0.1, -0.05) is 18.2 Å². The van der Waals surface area contributed by atoms with Crippen LogP contribution >= 0.6 is 0 Å². The number of hydrogen-bond acceptors (Lipinski definition) is 7. The van der Waals surface area contributed by atoms with Crippen LogP contribution in [0.5, 0.6) is 5.75 Å². The first-order valence-corrected chi connectivity index (χ1v) is 14.6. The second-order valence-corrected chi connectivity index (χ2v) is 13.7. The number of para-hydroxylation sites is 1. The third-order valence-corrected chi connectivity index (χ3v) is 10.0. The first-order chi connectivity index (χ1) is 19.3. The van der Waals surface area contributed by atoms with Gasteiger partial charge in [0.05, 0.1) is 29.7 Å². The molecule has 0 radical (unpaired) electrons. The Morgan fingerprint density at radius 3 is 2.12 bits per heavy atom. The fourth-order valence-corrected chi connectivity index (χ4v) is 8.72. The van der Waals surface area contributed by atoms with E-state index in [2.05, 4.69) is 0 Å². The normalized spacial score (nSPS) is 37.0. The molecule has 5 aliphatic rings. The number of ether oxygens (including phenoxy) is 3. The monoisotopic (exact) mass is 573 g/mol. The first-order valence-electron chi connectivity index (χ1n) is 14.6. The number of nitrogens with zero attached hydrogens (tertiary/aromatic N) is 1. The van der Waals surface area contributed by atoms with Gasteiger partial charge in [0.25, 0.3) is 5.92 Å². The van der Waals surface area contributed by atoms with Gasteiger partial charge in [0.2, 0.25) is 5.91 Å². The lowest BCUT2D eigenvalue weighted by Crippen LogP contribution is -2.53. The molecule has 4 saturated carbocycles. The van der Waals surface area contributed by atoms with Crippen LogP contribution in [0, 0.1) is 47.3 Å². The molecule has 222 valence electrons. The van der Waals surface area contributed by atoms with E-state index in [1.807, 2.05) is 26.8 Å². The minimum absolute atomic E-state index is 0.0960. The van der Waals surface area contributed by atoms with Gasteiger partial charge in [-0.05, 0) is 76.3 Å². The van der Waals surface area contributed by atoms with Gasteiger partial charge in [0, 0.05) is 18.4 Å². The highest BCUT2D eigenvalue weighted by Gasteiger charge is 2.72. The van der Waals surface area contributed by atoms with Crippen LogP contribution in [0.25, 0.3) is 0 Å². The molecular weight excluding hydrogens is 536 g/mol. The Labute approximate surface area is 238 Å². The summed E-state index contributed by atoms with van der Waals surface area (Å²) < 4.78 is 43.7. The van der Waals surface area contributed by atoms with Crippen molar-refractivity contribution in [3.8, 4) is 5.75 Å². The average Bonchev–Trinajstić information content (AvgIpc) is 3.68. The van der Waals surface area contributed by atoms with Crippen LogP contribution in [0.15, 0.2) is 30.3 Å². The molecule has 1 amide bonds. The number of fused-ring (bicyclic) bond motifs is 3. The summed E-state index contributed by atoms with van der Waals surface area (Å²) in [7, 11) is 0. The quantitative estimate of drug-likeness (QED) is 0.355. The van der Waals surface area contributed by atoms with Gasteiger partial charge in [0.1, 0.15) is 11.9 Å². The molecule has 0 aromatic heterocycles. The van der Waals surface area contributed by atoms with E-state index < -0.39 is 71.7 Å². The molecule has 10 heteroatoms. The zero-order valence-electron chi connectivity index (χ0n) is 23.8. The Morgan fingerprint density at radius 2 is 1.51 bits per heavy atom. The second kappa shape index (κ2) is 9.76. The van der Waals surface area contributed by atoms with E-state index >= 15 is 0 Å². The van der Waals surface area contributed by atoms with Crippen molar-refractivity contribution in [2.24, 2.45) is 47.3 Å². The summed E-state index contributed by atoms with van der Waals surface area (Å²) >= 11 is 0. The van der Waals surface area contributed by atoms with Crippen molar-refractivity contribution in [1.82, 2.24) is 4.90 Å². The Bertz CT molecular complexity index is 1240. The van der Waals surface area contributed by atoms with Crippen molar-refractivity contribution in [1.29, 1.82) is 0 Å². The summed E-state index contributed by atoms with van der Waals surface area (Å²) in [4.78, 5) is 55.9. The van der Waals surface area contributed by atoms with Crippen molar-refractivity contribution < 1.29 is 42.2 Å². The second-order valence-electron chi connectivity index (χ2n) is 13.7. The van der Waals surface area contributed by atoms with E-state index in [1.165, 1.54) is 0 Å². The third kappa shape index (κ3) is 4.71. The molecule has 1 aromatic carbocycles. The number of likely N-dealkylation sites (tertiary alicyclic amines) is 1. The van der Waals surface area contributed by atoms with Gasteiger partial charge in [-0.25, -0.2) is 8.78 Å². The molecule has 4 bridgehead atoms. The van der Waals surface area contributed by atoms with E-state index in [4.69, 9.17) is 14.2 Å². The fraction of sp³-hybridized carbons (Fsp3) is 0.677. The van der Waals surface area contributed by atoms with Gasteiger partial charge in [-0.2, -0.15) is 0 Å². The van der Waals surface area contributed by atoms with Crippen LogP contribution in [0.3, 0.4) is 0 Å². The SMILES string of the molecule is CC(F)(F)COC(=O)C1C2CCC(C2)C1C(=O)OC1C2CC3C(C(=O)N(C(C)(C)C)C31)C2C(=O)Oc1ccccc1. The number of carbonyl (C=O) groups is 4. The molecule has 1 aliphatic heterocycles. The van der Waals surface area contributed by atoms with Crippen LogP contribution in [-0.2, 0) is 28.7 Å². The lowest BCUT2D eigenvalue weighted by Gasteiger charge is -2.41. The summed E-state index contributed by atoms with van der Waals surface area (Å²) in [5, 5.41) is 0. The van der Waals surface area contributed by atoms with Crippen LogP contribution in [0.1, 0.15) is 53.4 Å². The predicted molar refractivity (Wildman–Crippen MR) is 140 cm³/mol. The lowest BCUT2D eigenvalue weighted by atomic mass is 9.77. The summed E-state index contributed by atoms with van der Waals surface area (Å²) in [5.74, 6) is -8.52. The van der Waals surface area contributed by atoms with Gasteiger partial charge in [0.15, 0.2) is 6.61 Å². The van der Waals surface area contributed by atoms with Gasteiger partial charge in [-0.15, -0.1) is 0 Å². The highest BCUT2D eigenvalue weighted by atomic mass is 19.3. The molecule has 8 nitrogen and oxygen atoms in total. The molecule has 10 unspecified atom stereocenters. The average molecular weight is 574 g/mol. The lowest BCUT2D eigenvalue weighted by molar-refractivity contribution is -0.175. The summed E-state index contributed by atoms with van der Waals surface area (Å²) in [6, 6.07) is 8.28. The summed E-state index contributed by atoms with van der Waals surface area (Å²) in [6.45, 7) is 5.41. The number of benzene rings is 1. The standard InChI is InChI=1S/C31H37F2NO7/c1-30(2,3)34-24-18-13-19(23(22(18)26(34)35)29(38)40-17-8-6-5-7-9-17)25(24)41-28(37)21-16-11-10-15(12-16)20(21)27(36)39-14-31(4,32)33/h5-9,15-16,18-25H,10-14H2,1-4H3. The maximum atomic E-state index is 13.9. The maximum Gasteiger partial charge on any atom is 0.315 e. The summed E-state index contributed by atoms with van der Waals surface area (Å²) in [5.41, 5.74) is -0.573. The molecule has 4 aliphatic carbocycles. The topological polar surface area (TPSA) is 99.2 Å². The molecule has 10 atom stereocenters. The maximum absolute atomic E-state index is 13.9. The fourth-order valence-electron chi connectivity index (χ4n) is 8.72. The van der Waals surface area contributed by atoms with Crippen molar-refractivity contribution in [3.63, 3.8) is 0 Å². The number of alkyl halides is 2. The van der Waals surface area contributed by atoms with Crippen LogP contribution in [0.2, 0.25) is 0 Å². The Kier molecular flexibility index (Phi) is 6.69. The zero-order chi connectivity index (χ0) is 29.4. The Morgan fingerprint density at radius 1 is 0.878 bits per heavy atom. The van der Waals surface area contributed by atoms with Gasteiger partial charge >= 0.3 is 17.9 Å². The highest BCUT2D eigenvalue weighted by molar-refractivity contribution is 5.91. The number of rotatable bonds is 7. The molecule has 1 aromatic rings. The molecule has 41 heavy (non-hydrogen) atoms. The molecule has 1 heterocycles. The minimum Gasteiger partial charge on any atom is -0.460 e. The zero-order valence-corrected chi connectivity index (χ0v) is 23.8. The van der Waals surface area contributed by atoms with Crippen molar-refractivity contribution in [3.05, 3.63) is 30.3 Å². The molecule has 5 fully saturated rings. The van der Waals surface area contributed by atoms with E-state index in [9.17, 15) is 28.0 Å². The largest absolute Gasteiger partial charge is 0.460 e. The van der Waals surface area contributed by atoms with Crippen LogP contribution in [-0.4, -0.2) is 58.9 Å². The molecular formula is C31H37F2NO7. The Hall–Kier alpha value is -3.04. The van der Waals surface area contributed by atoms with Crippen LogP contribution in [0.4, 0.5) is 8.78 Å². The predicted octanol–water partition coefficient (Wildman–Crippen LogP) is 4.26. The number of esters is 3. The van der Waals surface area contributed by atoms with E-state index in [0.717, 1.165) is 12.8 Å².